The number of allylic oxidation sites excluding steroid dienone is 2. The van der Waals surface area contributed by atoms with Crippen LogP contribution in [-0.4, -0.2) is 37.2 Å². The molecule has 0 aromatic rings. The first-order valence-corrected chi connectivity index (χ1v) is 26.7. The molecular formula is C54H102O6. The minimum atomic E-state index is -0.766. The SMILES string of the molecule is CCCCCCCCCCC/C=C\CCCCCCCC(=O)OCC(COC(=O)CCCCCCCCCCCCCC)OC(=O)CCCCCCCCCCCCCC. The summed E-state index contributed by atoms with van der Waals surface area (Å²) >= 11 is 0. The number of carbonyl (C=O) groups is 3. The quantitative estimate of drug-likeness (QED) is 0.0263. The highest BCUT2D eigenvalue weighted by molar-refractivity contribution is 5.71. The van der Waals surface area contributed by atoms with Crippen molar-refractivity contribution in [3.05, 3.63) is 12.2 Å². The van der Waals surface area contributed by atoms with Crippen LogP contribution >= 0.6 is 0 Å². The van der Waals surface area contributed by atoms with E-state index in [1.165, 1.54) is 193 Å². The van der Waals surface area contributed by atoms with E-state index < -0.39 is 6.10 Å². The molecule has 0 saturated carbocycles. The van der Waals surface area contributed by atoms with Gasteiger partial charge in [0.1, 0.15) is 13.2 Å². The van der Waals surface area contributed by atoms with Gasteiger partial charge in [-0.2, -0.15) is 0 Å². The number of ether oxygens (including phenoxy) is 3. The van der Waals surface area contributed by atoms with Crippen LogP contribution in [0.3, 0.4) is 0 Å². The van der Waals surface area contributed by atoms with Crippen LogP contribution in [0.1, 0.15) is 297 Å². The molecule has 0 aromatic heterocycles. The monoisotopic (exact) mass is 847 g/mol. The average Bonchev–Trinajstić information content (AvgIpc) is 3.24. The number of hydrogen-bond donors (Lipinski definition) is 0. The molecule has 0 aliphatic carbocycles. The van der Waals surface area contributed by atoms with Crippen LogP contribution in [0.5, 0.6) is 0 Å². The first-order chi connectivity index (χ1) is 29.5. The third-order valence-corrected chi connectivity index (χ3v) is 12.0. The van der Waals surface area contributed by atoms with Crippen molar-refractivity contribution in [2.45, 2.75) is 303 Å². The van der Waals surface area contributed by atoms with Crippen molar-refractivity contribution < 1.29 is 28.6 Å². The van der Waals surface area contributed by atoms with Gasteiger partial charge in [0.05, 0.1) is 0 Å². The van der Waals surface area contributed by atoms with Crippen LogP contribution in [0.4, 0.5) is 0 Å². The van der Waals surface area contributed by atoms with E-state index in [0.29, 0.717) is 19.3 Å². The fourth-order valence-electron chi connectivity index (χ4n) is 7.97. The molecule has 0 N–H and O–H groups in total. The molecule has 6 nitrogen and oxygen atoms in total. The van der Waals surface area contributed by atoms with Crippen LogP contribution in [0.15, 0.2) is 12.2 Å². The number of esters is 3. The smallest absolute Gasteiger partial charge is 0.306 e. The van der Waals surface area contributed by atoms with E-state index in [1.54, 1.807) is 0 Å². The fraction of sp³-hybridized carbons (Fsp3) is 0.907. The Morgan fingerprint density at radius 2 is 0.550 bits per heavy atom. The Morgan fingerprint density at radius 1 is 0.317 bits per heavy atom. The molecule has 60 heavy (non-hydrogen) atoms. The standard InChI is InChI=1S/C54H102O6/c1-4-7-10-13-16-19-22-25-26-27-28-29-30-33-35-38-41-44-47-53(56)59-50-51(60-54(57)48-45-42-39-36-32-24-21-18-15-12-9-6-3)49-58-52(55)46-43-40-37-34-31-23-20-17-14-11-8-5-2/h28-29,51H,4-27,30-50H2,1-3H3/b29-28-. The number of unbranched alkanes of at least 4 members (excludes halogenated alkanes) is 36. The number of carbonyl (C=O) groups excluding carboxylic acids is 3. The van der Waals surface area contributed by atoms with Crippen LogP contribution in [0.2, 0.25) is 0 Å². The van der Waals surface area contributed by atoms with Crippen molar-refractivity contribution in [1.82, 2.24) is 0 Å². The molecule has 1 atom stereocenters. The van der Waals surface area contributed by atoms with Gasteiger partial charge in [0.25, 0.3) is 0 Å². The van der Waals surface area contributed by atoms with E-state index in [-0.39, 0.29) is 31.1 Å². The van der Waals surface area contributed by atoms with Gasteiger partial charge < -0.3 is 14.2 Å². The zero-order valence-electron chi connectivity index (χ0n) is 40.5. The molecule has 1 unspecified atom stereocenters. The Balaban J connectivity index is 4.29. The predicted octanol–water partition coefficient (Wildman–Crippen LogP) is 17.4. The second-order valence-corrected chi connectivity index (χ2v) is 18.2. The van der Waals surface area contributed by atoms with E-state index in [4.69, 9.17) is 14.2 Å². The minimum absolute atomic E-state index is 0.0673. The summed E-state index contributed by atoms with van der Waals surface area (Å²) in [7, 11) is 0. The molecule has 0 aliphatic heterocycles. The Morgan fingerprint density at radius 3 is 0.833 bits per heavy atom. The maximum Gasteiger partial charge on any atom is 0.306 e. The van der Waals surface area contributed by atoms with Crippen molar-refractivity contribution >= 4 is 17.9 Å². The first kappa shape index (κ1) is 58.1. The molecular weight excluding hydrogens is 745 g/mol. The largest absolute Gasteiger partial charge is 0.462 e. The lowest BCUT2D eigenvalue weighted by Crippen LogP contribution is -2.30. The van der Waals surface area contributed by atoms with Crippen LogP contribution in [-0.2, 0) is 28.6 Å². The summed E-state index contributed by atoms with van der Waals surface area (Å²) in [5.74, 6) is -0.859. The zero-order valence-corrected chi connectivity index (χ0v) is 40.5. The van der Waals surface area contributed by atoms with Crippen molar-refractivity contribution in [1.29, 1.82) is 0 Å². The van der Waals surface area contributed by atoms with E-state index in [0.717, 1.165) is 64.2 Å². The summed E-state index contributed by atoms with van der Waals surface area (Å²) in [5, 5.41) is 0. The van der Waals surface area contributed by atoms with E-state index in [9.17, 15) is 14.4 Å². The third kappa shape index (κ3) is 47.2. The molecule has 0 aromatic carbocycles. The minimum Gasteiger partial charge on any atom is -0.462 e. The Hall–Kier alpha value is -1.85. The molecule has 0 saturated heterocycles. The third-order valence-electron chi connectivity index (χ3n) is 12.0. The second kappa shape index (κ2) is 49.8. The first-order valence-electron chi connectivity index (χ1n) is 26.7. The molecule has 0 spiro atoms. The van der Waals surface area contributed by atoms with Crippen LogP contribution in [0.25, 0.3) is 0 Å². The highest BCUT2D eigenvalue weighted by atomic mass is 16.6. The van der Waals surface area contributed by atoms with Crippen LogP contribution in [0, 0.1) is 0 Å². The molecule has 0 aliphatic rings. The maximum absolute atomic E-state index is 12.8. The highest BCUT2D eigenvalue weighted by Gasteiger charge is 2.19. The maximum atomic E-state index is 12.8. The lowest BCUT2D eigenvalue weighted by atomic mass is 10.0. The van der Waals surface area contributed by atoms with Gasteiger partial charge in [0, 0.05) is 19.3 Å². The Kier molecular flexibility index (Phi) is 48.3. The van der Waals surface area contributed by atoms with E-state index in [1.807, 2.05) is 0 Å². The second-order valence-electron chi connectivity index (χ2n) is 18.2. The fourth-order valence-corrected chi connectivity index (χ4v) is 7.97. The summed E-state index contributed by atoms with van der Waals surface area (Å²) in [4.78, 5) is 37.9. The summed E-state index contributed by atoms with van der Waals surface area (Å²) in [6.07, 6.45) is 54.8. The predicted molar refractivity (Wildman–Crippen MR) is 256 cm³/mol. The highest BCUT2D eigenvalue weighted by Crippen LogP contribution is 2.16. The average molecular weight is 847 g/mol. The number of rotatable bonds is 49. The normalized spacial score (nSPS) is 12.0. The van der Waals surface area contributed by atoms with Gasteiger partial charge in [-0.1, -0.05) is 245 Å². The summed E-state index contributed by atoms with van der Waals surface area (Å²) in [6, 6.07) is 0. The topological polar surface area (TPSA) is 78.9 Å². The van der Waals surface area contributed by atoms with Crippen molar-refractivity contribution in [3.8, 4) is 0 Å². The van der Waals surface area contributed by atoms with Crippen molar-refractivity contribution in [2.75, 3.05) is 13.2 Å². The lowest BCUT2D eigenvalue weighted by molar-refractivity contribution is -0.167. The summed E-state index contributed by atoms with van der Waals surface area (Å²) in [6.45, 7) is 6.66. The molecule has 354 valence electrons. The molecule has 6 heteroatoms. The van der Waals surface area contributed by atoms with Gasteiger partial charge in [-0.3, -0.25) is 14.4 Å². The zero-order chi connectivity index (χ0) is 43.7. The van der Waals surface area contributed by atoms with E-state index in [2.05, 4.69) is 32.9 Å². The van der Waals surface area contributed by atoms with Crippen molar-refractivity contribution in [3.63, 3.8) is 0 Å². The molecule has 0 bridgehead atoms. The van der Waals surface area contributed by atoms with Gasteiger partial charge in [-0.05, 0) is 44.9 Å². The van der Waals surface area contributed by atoms with Gasteiger partial charge >= 0.3 is 17.9 Å². The van der Waals surface area contributed by atoms with Gasteiger partial charge in [-0.15, -0.1) is 0 Å². The molecule has 0 amide bonds. The summed E-state index contributed by atoms with van der Waals surface area (Å²) < 4.78 is 16.8. The summed E-state index contributed by atoms with van der Waals surface area (Å²) in [5.41, 5.74) is 0. The molecule has 0 heterocycles. The van der Waals surface area contributed by atoms with Gasteiger partial charge in [-0.25, -0.2) is 0 Å². The van der Waals surface area contributed by atoms with Crippen LogP contribution < -0.4 is 0 Å². The molecule has 0 radical (unpaired) electrons. The van der Waals surface area contributed by atoms with Crippen molar-refractivity contribution in [2.24, 2.45) is 0 Å². The Labute approximate surface area is 373 Å². The number of hydrogen-bond acceptors (Lipinski definition) is 6. The lowest BCUT2D eigenvalue weighted by Gasteiger charge is -2.18. The Bertz CT molecular complexity index is 931. The molecule has 0 fully saturated rings. The molecule has 0 rings (SSSR count). The van der Waals surface area contributed by atoms with Gasteiger partial charge in [0.15, 0.2) is 6.10 Å². The van der Waals surface area contributed by atoms with E-state index >= 15 is 0 Å². The van der Waals surface area contributed by atoms with Gasteiger partial charge in [0.2, 0.25) is 0 Å².